The van der Waals surface area contributed by atoms with Gasteiger partial charge < -0.3 is 14.1 Å². The number of esters is 1. The molecule has 1 atom stereocenters. The summed E-state index contributed by atoms with van der Waals surface area (Å²) in [6, 6.07) is 19.0. The normalized spacial score (nSPS) is 15.3. The maximum atomic E-state index is 14.0. The number of aromatic nitrogens is 3. The molecule has 0 spiro atoms. The lowest BCUT2D eigenvalue weighted by molar-refractivity contribution is -0.139. The number of fused-ring (bicyclic) bond motifs is 2. The highest BCUT2D eigenvalue weighted by Crippen LogP contribution is 2.33. The second kappa shape index (κ2) is 12.2. The highest BCUT2D eigenvalue weighted by molar-refractivity contribution is 7.99. The number of thiazole rings is 1. The molecule has 0 saturated heterocycles. The highest BCUT2D eigenvalue weighted by Gasteiger charge is 2.34. The van der Waals surface area contributed by atoms with Crippen molar-refractivity contribution in [2.24, 2.45) is 4.99 Å². The van der Waals surface area contributed by atoms with Gasteiger partial charge in [0.2, 0.25) is 0 Å². The molecule has 0 aliphatic carbocycles. The van der Waals surface area contributed by atoms with Gasteiger partial charge in [0.15, 0.2) is 15.1 Å². The van der Waals surface area contributed by atoms with Crippen molar-refractivity contribution in [3.8, 4) is 0 Å². The maximum Gasteiger partial charge on any atom is 0.338 e. The minimum Gasteiger partial charge on any atom is -0.463 e. The van der Waals surface area contributed by atoms with E-state index in [1.807, 2.05) is 55.5 Å². The van der Waals surface area contributed by atoms with Crippen LogP contribution in [0.3, 0.4) is 0 Å². The number of allylic oxidation sites excluding steroid dienone is 1. The third kappa shape index (κ3) is 5.77. The number of imidazole rings is 1. The molecule has 2 aromatic carbocycles. The Kier molecular flexibility index (Phi) is 8.23. The molecule has 43 heavy (non-hydrogen) atoms. The van der Waals surface area contributed by atoms with Crippen LogP contribution in [0.15, 0.2) is 96.4 Å². The molecule has 10 heteroatoms. The fraction of sp³-hybridized carbons (Fsp3) is 0.273. The number of H-pyrrole nitrogens is 1. The average Bonchev–Trinajstić information content (AvgIpc) is 3.70. The summed E-state index contributed by atoms with van der Waals surface area (Å²) < 4.78 is 13.7. The molecule has 0 fully saturated rings. The highest BCUT2D eigenvalue weighted by atomic mass is 32.2. The van der Waals surface area contributed by atoms with Crippen molar-refractivity contribution in [3.63, 3.8) is 0 Å². The van der Waals surface area contributed by atoms with E-state index in [1.54, 1.807) is 17.6 Å². The maximum absolute atomic E-state index is 14.0. The molecule has 0 saturated carbocycles. The van der Waals surface area contributed by atoms with Crippen molar-refractivity contribution in [1.82, 2.24) is 14.5 Å². The third-order valence-electron chi connectivity index (χ3n) is 7.25. The standard InChI is InChI=1S/C33H32N4O4S2/c1-5-9-25-28(31(39)40-6-2)29(21-14-12-20(13-15-21)19(3)4)37-30(38)26(42-33(37)36-25)18-22-16-17-27(41-22)43-32-34-23-10-7-8-11-24(23)35-32/h7-8,10-19,29H,5-6,9H2,1-4H3,(H,34,35)/b26-18+/t29-/m1/s1. The van der Waals surface area contributed by atoms with E-state index in [9.17, 15) is 9.59 Å². The predicted octanol–water partition coefficient (Wildman–Crippen LogP) is 6.32. The summed E-state index contributed by atoms with van der Waals surface area (Å²) >= 11 is 2.67. The number of rotatable bonds is 9. The Balaban J connectivity index is 1.42. The van der Waals surface area contributed by atoms with Gasteiger partial charge in [-0.2, -0.15) is 0 Å². The van der Waals surface area contributed by atoms with E-state index in [0.717, 1.165) is 28.2 Å². The quantitative estimate of drug-likeness (QED) is 0.196. The Morgan fingerprint density at radius 3 is 2.65 bits per heavy atom. The minimum absolute atomic E-state index is 0.234. The van der Waals surface area contributed by atoms with Gasteiger partial charge in [-0.1, -0.05) is 74.9 Å². The van der Waals surface area contributed by atoms with Gasteiger partial charge in [0.05, 0.1) is 39.5 Å². The van der Waals surface area contributed by atoms with Crippen LogP contribution >= 0.6 is 23.1 Å². The second-order valence-corrected chi connectivity index (χ2v) is 12.6. The monoisotopic (exact) mass is 612 g/mol. The van der Waals surface area contributed by atoms with Gasteiger partial charge in [-0.15, -0.1) is 0 Å². The molecule has 6 rings (SSSR count). The number of ether oxygens (including phenoxy) is 1. The molecule has 8 nitrogen and oxygen atoms in total. The summed E-state index contributed by atoms with van der Waals surface area (Å²) in [6.07, 6.45) is 3.13. The lowest BCUT2D eigenvalue weighted by Crippen LogP contribution is -2.40. The summed E-state index contributed by atoms with van der Waals surface area (Å²) in [4.78, 5) is 40.7. The Hall–Kier alpha value is -4.15. The van der Waals surface area contributed by atoms with Gasteiger partial charge in [0, 0.05) is 6.08 Å². The molecule has 0 unspecified atom stereocenters. The van der Waals surface area contributed by atoms with Crippen molar-refractivity contribution in [2.75, 3.05) is 6.61 Å². The van der Waals surface area contributed by atoms with Gasteiger partial charge in [-0.3, -0.25) is 9.36 Å². The molecule has 1 aliphatic rings. The molecule has 4 heterocycles. The molecule has 220 valence electrons. The van der Waals surface area contributed by atoms with Crippen molar-refractivity contribution in [2.45, 2.75) is 62.7 Å². The Morgan fingerprint density at radius 2 is 1.93 bits per heavy atom. The first-order valence-corrected chi connectivity index (χ1v) is 16.0. The number of carbonyl (C=O) groups excluding carboxylic acids is 1. The van der Waals surface area contributed by atoms with Gasteiger partial charge in [0.1, 0.15) is 5.76 Å². The molecular weight excluding hydrogens is 581 g/mol. The number of para-hydroxylation sites is 2. The average molecular weight is 613 g/mol. The molecule has 0 radical (unpaired) electrons. The first-order chi connectivity index (χ1) is 20.9. The van der Waals surface area contributed by atoms with Crippen LogP contribution in [0, 0.1) is 0 Å². The Morgan fingerprint density at radius 1 is 1.14 bits per heavy atom. The minimum atomic E-state index is -0.643. The Bertz CT molecular complexity index is 1980. The summed E-state index contributed by atoms with van der Waals surface area (Å²) in [7, 11) is 0. The van der Waals surface area contributed by atoms with E-state index < -0.39 is 12.0 Å². The van der Waals surface area contributed by atoms with Crippen molar-refractivity contribution in [1.29, 1.82) is 0 Å². The van der Waals surface area contributed by atoms with Crippen LogP contribution in [-0.2, 0) is 9.53 Å². The summed E-state index contributed by atoms with van der Waals surface area (Å²) in [5.41, 5.74) is 4.71. The van der Waals surface area contributed by atoms with Gasteiger partial charge in [-0.25, -0.2) is 14.8 Å². The second-order valence-electron chi connectivity index (χ2n) is 10.6. The van der Waals surface area contributed by atoms with Crippen LogP contribution in [-0.4, -0.2) is 27.1 Å². The van der Waals surface area contributed by atoms with E-state index in [-0.39, 0.29) is 12.2 Å². The van der Waals surface area contributed by atoms with Crippen molar-refractivity contribution >= 4 is 46.2 Å². The summed E-state index contributed by atoms with van der Waals surface area (Å²) in [5.74, 6) is 0.454. The van der Waals surface area contributed by atoms with Crippen LogP contribution in [0.2, 0.25) is 0 Å². The third-order valence-corrected chi connectivity index (χ3v) is 9.04. The fourth-order valence-electron chi connectivity index (χ4n) is 5.17. The summed E-state index contributed by atoms with van der Waals surface area (Å²) in [6.45, 7) is 8.33. The smallest absolute Gasteiger partial charge is 0.338 e. The van der Waals surface area contributed by atoms with Gasteiger partial charge in [-0.05, 0) is 66.4 Å². The van der Waals surface area contributed by atoms with Crippen LogP contribution in [0.1, 0.15) is 69.4 Å². The van der Waals surface area contributed by atoms with E-state index >= 15 is 0 Å². The number of benzene rings is 2. The molecule has 5 aromatic rings. The van der Waals surface area contributed by atoms with E-state index in [2.05, 4.69) is 35.9 Å². The molecule has 1 N–H and O–H groups in total. The van der Waals surface area contributed by atoms with Crippen LogP contribution < -0.4 is 14.9 Å². The first kappa shape index (κ1) is 28.9. The molecular formula is C33H32N4O4S2. The molecule has 1 aliphatic heterocycles. The zero-order valence-corrected chi connectivity index (χ0v) is 26.1. The van der Waals surface area contributed by atoms with Crippen LogP contribution in [0.5, 0.6) is 0 Å². The van der Waals surface area contributed by atoms with E-state index in [0.29, 0.717) is 43.8 Å². The zero-order valence-electron chi connectivity index (χ0n) is 24.4. The lowest BCUT2D eigenvalue weighted by atomic mass is 9.92. The van der Waals surface area contributed by atoms with Crippen LogP contribution in [0.25, 0.3) is 17.1 Å². The largest absolute Gasteiger partial charge is 0.463 e. The van der Waals surface area contributed by atoms with Crippen molar-refractivity contribution < 1.29 is 13.9 Å². The number of carbonyl (C=O) groups is 1. The Labute approximate surface area is 256 Å². The van der Waals surface area contributed by atoms with E-state index in [1.165, 1.54) is 28.7 Å². The molecule has 0 bridgehead atoms. The molecule has 0 amide bonds. The predicted molar refractivity (Wildman–Crippen MR) is 169 cm³/mol. The lowest BCUT2D eigenvalue weighted by Gasteiger charge is -2.26. The number of furan rings is 1. The van der Waals surface area contributed by atoms with Crippen LogP contribution in [0.4, 0.5) is 0 Å². The summed E-state index contributed by atoms with van der Waals surface area (Å²) in [5, 5.41) is 1.37. The van der Waals surface area contributed by atoms with Gasteiger partial charge in [0.25, 0.3) is 5.56 Å². The number of nitrogens with one attached hydrogen (secondary N) is 1. The van der Waals surface area contributed by atoms with Gasteiger partial charge >= 0.3 is 5.97 Å². The van der Waals surface area contributed by atoms with Crippen molar-refractivity contribution in [3.05, 3.63) is 109 Å². The molecule has 3 aromatic heterocycles. The number of hydrogen-bond donors (Lipinski definition) is 1. The topological polar surface area (TPSA) is 102 Å². The van der Waals surface area contributed by atoms with E-state index in [4.69, 9.17) is 14.1 Å². The number of aromatic amines is 1. The SMILES string of the molecule is CCCC1=C(C(=O)OCC)[C@@H](c2ccc(C(C)C)cc2)n2c(s/c(=C/c3ccc(Sc4nc5ccccc5[nH]4)o3)c2=O)=N1. The first-order valence-electron chi connectivity index (χ1n) is 14.4. The zero-order chi connectivity index (χ0) is 30.1. The number of nitrogens with zero attached hydrogens (tertiary/aromatic N) is 3. The fourth-order valence-corrected chi connectivity index (χ4v) is 6.94. The number of hydrogen-bond acceptors (Lipinski definition) is 8.